The van der Waals surface area contributed by atoms with Crippen LogP contribution in [-0.2, 0) is 0 Å². The number of carbonyl (C=O) groups excluding carboxylic acids is 1. The molecule has 0 atom stereocenters. The summed E-state index contributed by atoms with van der Waals surface area (Å²) in [5, 5.41) is 0. The molecule has 0 saturated carbocycles. The number of nitrogens with zero attached hydrogens (tertiary/aromatic N) is 1. The maximum absolute atomic E-state index is 13.1. The molecule has 0 amide bonds. The van der Waals surface area contributed by atoms with Gasteiger partial charge in [-0.25, -0.2) is 4.39 Å². The van der Waals surface area contributed by atoms with Gasteiger partial charge in [0.25, 0.3) is 0 Å². The smallest absolute Gasteiger partial charge is 0.182 e. The Bertz CT molecular complexity index is 583. The molecule has 2 rings (SSSR count). The van der Waals surface area contributed by atoms with Crippen molar-refractivity contribution >= 4 is 27.4 Å². The van der Waals surface area contributed by atoms with Gasteiger partial charge < -0.3 is 4.90 Å². The van der Waals surface area contributed by atoms with Crippen molar-refractivity contribution in [2.75, 3.05) is 18.5 Å². The fraction of sp³-hybridized carbons (Fsp3) is 0.133. The number of likely N-dealkylation sites (N-methyl/N-ethyl adjacent to an activating group) is 1. The van der Waals surface area contributed by atoms with Crippen molar-refractivity contribution in [1.29, 1.82) is 0 Å². The highest BCUT2D eigenvalue weighted by Gasteiger charge is 2.10. The van der Waals surface area contributed by atoms with Crippen molar-refractivity contribution in [3.63, 3.8) is 0 Å². The number of carbonyl (C=O) groups is 1. The van der Waals surface area contributed by atoms with E-state index in [0.717, 1.165) is 4.47 Å². The SMILES string of the molecule is CN(CC(=O)c1ccc(Br)cc1)c1cccc(F)c1. The molecule has 0 radical (unpaired) electrons. The number of halogens is 2. The molecule has 0 unspecified atom stereocenters. The summed E-state index contributed by atoms with van der Waals surface area (Å²) >= 11 is 3.33. The summed E-state index contributed by atoms with van der Waals surface area (Å²) in [6.07, 6.45) is 0. The standard InChI is InChI=1S/C15H13BrFNO/c1-18(14-4-2-3-13(17)9-14)10-15(19)11-5-7-12(16)8-6-11/h2-9H,10H2,1H3. The maximum Gasteiger partial charge on any atom is 0.182 e. The van der Waals surface area contributed by atoms with E-state index in [0.29, 0.717) is 11.3 Å². The lowest BCUT2D eigenvalue weighted by atomic mass is 10.1. The molecule has 98 valence electrons. The van der Waals surface area contributed by atoms with Gasteiger partial charge in [0, 0.05) is 22.8 Å². The van der Waals surface area contributed by atoms with Gasteiger partial charge in [0.1, 0.15) is 5.82 Å². The van der Waals surface area contributed by atoms with E-state index in [1.165, 1.54) is 12.1 Å². The number of hydrogen-bond acceptors (Lipinski definition) is 2. The van der Waals surface area contributed by atoms with E-state index in [1.807, 2.05) is 12.1 Å². The zero-order valence-corrected chi connectivity index (χ0v) is 12.0. The molecule has 0 N–H and O–H groups in total. The third kappa shape index (κ3) is 3.64. The topological polar surface area (TPSA) is 20.3 Å². The van der Waals surface area contributed by atoms with Crippen LogP contribution in [0.1, 0.15) is 10.4 Å². The Hall–Kier alpha value is -1.68. The fourth-order valence-electron chi connectivity index (χ4n) is 1.75. The van der Waals surface area contributed by atoms with E-state index in [-0.39, 0.29) is 18.1 Å². The molecule has 2 aromatic carbocycles. The van der Waals surface area contributed by atoms with Crippen LogP contribution < -0.4 is 4.90 Å². The average Bonchev–Trinajstić information content (AvgIpc) is 2.39. The summed E-state index contributed by atoms with van der Waals surface area (Å²) in [6.45, 7) is 0.213. The Labute approximate surface area is 120 Å². The third-order valence-electron chi connectivity index (χ3n) is 2.80. The normalized spacial score (nSPS) is 10.3. The van der Waals surface area contributed by atoms with E-state index < -0.39 is 0 Å². The van der Waals surface area contributed by atoms with Gasteiger partial charge in [-0.1, -0.05) is 34.1 Å². The molecule has 0 saturated heterocycles. The van der Waals surface area contributed by atoms with Gasteiger partial charge in [-0.2, -0.15) is 0 Å². The molecule has 0 aromatic heterocycles. The second-order valence-electron chi connectivity index (χ2n) is 4.27. The van der Waals surface area contributed by atoms with Gasteiger partial charge >= 0.3 is 0 Å². The summed E-state index contributed by atoms with van der Waals surface area (Å²) < 4.78 is 14.0. The Kier molecular flexibility index (Phi) is 4.32. The molecule has 0 fully saturated rings. The molecule has 2 aromatic rings. The number of benzene rings is 2. The lowest BCUT2D eigenvalue weighted by Gasteiger charge is -2.18. The maximum atomic E-state index is 13.1. The summed E-state index contributed by atoms with van der Waals surface area (Å²) in [4.78, 5) is 13.8. The number of ketones is 1. The molecule has 0 aliphatic rings. The van der Waals surface area contributed by atoms with Crippen LogP contribution in [0, 0.1) is 5.82 Å². The minimum atomic E-state index is -0.305. The zero-order chi connectivity index (χ0) is 13.8. The Morgan fingerprint density at radius 3 is 2.53 bits per heavy atom. The van der Waals surface area contributed by atoms with E-state index >= 15 is 0 Å². The lowest BCUT2D eigenvalue weighted by molar-refractivity contribution is 0.100. The predicted octanol–water partition coefficient (Wildman–Crippen LogP) is 3.91. The molecule has 0 bridgehead atoms. The van der Waals surface area contributed by atoms with Crippen molar-refractivity contribution in [2.45, 2.75) is 0 Å². The van der Waals surface area contributed by atoms with Crippen LogP contribution in [0.25, 0.3) is 0 Å². The number of hydrogen-bond donors (Lipinski definition) is 0. The first kappa shape index (κ1) is 13.7. The second-order valence-corrected chi connectivity index (χ2v) is 5.18. The minimum Gasteiger partial charge on any atom is -0.367 e. The van der Waals surface area contributed by atoms with Crippen LogP contribution in [0.15, 0.2) is 53.0 Å². The molecule has 4 heteroatoms. The van der Waals surface area contributed by atoms with Gasteiger partial charge in [0.2, 0.25) is 0 Å². The molecular formula is C15H13BrFNO. The number of Topliss-reactive ketones (excluding diaryl/α,β-unsaturated/α-hetero) is 1. The van der Waals surface area contributed by atoms with E-state index in [9.17, 15) is 9.18 Å². The highest BCUT2D eigenvalue weighted by molar-refractivity contribution is 9.10. The van der Waals surface area contributed by atoms with Gasteiger partial charge in [-0.05, 0) is 30.3 Å². The van der Waals surface area contributed by atoms with Gasteiger partial charge in [-0.15, -0.1) is 0 Å². The summed E-state index contributed by atoms with van der Waals surface area (Å²) in [5.74, 6) is -0.306. The predicted molar refractivity (Wildman–Crippen MR) is 78.1 cm³/mol. The van der Waals surface area contributed by atoms with Crippen molar-refractivity contribution in [1.82, 2.24) is 0 Å². The van der Waals surface area contributed by atoms with Crippen molar-refractivity contribution in [3.8, 4) is 0 Å². The molecule has 0 spiro atoms. The van der Waals surface area contributed by atoms with Gasteiger partial charge in [0.05, 0.1) is 6.54 Å². The van der Waals surface area contributed by atoms with E-state index in [4.69, 9.17) is 0 Å². The van der Waals surface area contributed by atoms with Crippen molar-refractivity contribution in [2.24, 2.45) is 0 Å². The molecular weight excluding hydrogens is 309 g/mol. The molecule has 19 heavy (non-hydrogen) atoms. The first-order valence-corrected chi connectivity index (χ1v) is 6.61. The minimum absolute atomic E-state index is 0.000684. The van der Waals surface area contributed by atoms with Gasteiger partial charge in [0.15, 0.2) is 5.78 Å². The fourth-order valence-corrected chi connectivity index (χ4v) is 2.01. The van der Waals surface area contributed by atoms with Crippen molar-refractivity contribution in [3.05, 3.63) is 64.4 Å². The Morgan fingerprint density at radius 2 is 1.89 bits per heavy atom. The highest BCUT2D eigenvalue weighted by Crippen LogP contribution is 2.15. The Balaban J connectivity index is 2.08. The first-order chi connectivity index (χ1) is 9.06. The van der Waals surface area contributed by atoms with Crippen molar-refractivity contribution < 1.29 is 9.18 Å². The van der Waals surface area contributed by atoms with Crippen LogP contribution in [0.4, 0.5) is 10.1 Å². The van der Waals surface area contributed by atoms with E-state index in [2.05, 4.69) is 15.9 Å². The first-order valence-electron chi connectivity index (χ1n) is 5.82. The largest absolute Gasteiger partial charge is 0.367 e. The Morgan fingerprint density at radius 1 is 1.21 bits per heavy atom. The third-order valence-corrected chi connectivity index (χ3v) is 3.32. The monoisotopic (exact) mass is 321 g/mol. The lowest BCUT2D eigenvalue weighted by Crippen LogP contribution is -2.25. The van der Waals surface area contributed by atoms with Crippen LogP contribution in [0.5, 0.6) is 0 Å². The number of anilines is 1. The average molecular weight is 322 g/mol. The van der Waals surface area contributed by atoms with Crippen LogP contribution in [-0.4, -0.2) is 19.4 Å². The number of rotatable bonds is 4. The molecule has 0 aliphatic heterocycles. The highest BCUT2D eigenvalue weighted by atomic mass is 79.9. The van der Waals surface area contributed by atoms with Gasteiger partial charge in [-0.3, -0.25) is 4.79 Å². The van der Waals surface area contributed by atoms with Crippen LogP contribution in [0.2, 0.25) is 0 Å². The summed E-state index contributed by atoms with van der Waals surface area (Å²) in [6, 6.07) is 13.4. The quantitative estimate of drug-likeness (QED) is 0.796. The molecule has 2 nitrogen and oxygen atoms in total. The van der Waals surface area contributed by atoms with E-state index in [1.54, 1.807) is 36.2 Å². The summed E-state index contributed by atoms with van der Waals surface area (Å²) in [7, 11) is 1.77. The zero-order valence-electron chi connectivity index (χ0n) is 10.4. The second kappa shape index (κ2) is 5.97. The molecule has 0 aliphatic carbocycles. The summed E-state index contributed by atoms with van der Waals surface area (Å²) in [5.41, 5.74) is 1.33. The molecule has 0 heterocycles. The van der Waals surface area contributed by atoms with Crippen LogP contribution >= 0.6 is 15.9 Å². The van der Waals surface area contributed by atoms with Crippen LogP contribution in [0.3, 0.4) is 0 Å².